The Labute approximate surface area is 159 Å². The third-order valence-corrected chi connectivity index (χ3v) is 5.02. The summed E-state index contributed by atoms with van der Waals surface area (Å²) < 4.78 is 16.1. The number of halogens is 2. The highest BCUT2D eigenvalue weighted by atomic mass is 35.5. The summed E-state index contributed by atoms with van der Waals surface area (Å²) in [5, 5.41) is 7.12. The third-order valence-electron chi connectivity index (χ3n) is 5.02. The van der Waals surface area contributed by atoms with E-state index in [-0.39, 0.29) is 24.2 Å². The lowest BCUT2D eigenvalue weighted by Crippen LogP contribution is -2.51. The van der Waals surface area contributed by atoms with E-state index in [0.29, 0.717) is 11.4 Å². The van der Waals surface area contributed by atoms with Gasteiger partial charge in [0.05, 0.1) is 11.6 Å². The molecule has 0 spiro atoms. The molecule has 1 aliphatic carbocycles. The smallest absolute Gasteiger partial charge is 0.229 e. The molecule has 1 fully saturated rings. The average molecular weight is 381 g/mol. The number of aromatic nitrogens is 2. The quantitative estimate of drug-likeness (QED) is 0.848. The van der Waals surface area contributed by atoms with E-state index in [0.717, 1.165) is 37.1 Å². The Kier molecular flexibility index (Phi) is 6.09. The van der Waals surface area contributed by atoms with Gasteiger partial charge in [0.2, 0.25) is 5.91 Å². The fraction of sp³-hybridized carbons (Fsp3) is 0.474. The topological polar surface area (TPSA) is 72.9 Å². The molecule has 2 atom stereocenters. The Balaban J connectivity index is 0.00000243. The SMILES string of the molecule is Cc1cc(C)n(-c2ccc(NC(=O)C3CCCCC3(C)N)cc2F)n1.Cl. The van der Waals surface area contributed by atoms with Crippen LogP contribution < -0.4 is 11.1 Å². The first-order chi connectivity index (χ1) is 11.8. The van der Waals surface area contributed by atoms with Crippen LogP contribution in [-0.4, -0.2) is 21.2 Å². The molecular weight excluding hydrogens is 355 g/mol. The van der Waals surface area contributed by atoms with Crippen molar-refractivity contribution >= 4 is 24.0 Å². The van der Waals surface area contributed by atoms with Crippen LogP contribution in [0.1, 0.15) is 44.0 Å². The van der Waals surface area contributed by atoms with E-state index in [2.05, 4.69) is 10.4 Å². The maximum atomic E-state index is 14.5. The molecule has 0 aliphatic heterocycles. The standard InChI is InChI=1S/C19H25FN4O.ClH/c1-12-10-13(2)24(23-12)17-8-7-14(11-16(17)20)22-18(25)15-6-4-5-9-19(15,3)21;/h7-8,10-11,15H,4-6,9,21H2,1-3H3,(H,22,25);1H. The van der Waals surface area contributed by atoms with Gasteiger partial charge in [0.15, 0.2) is 5.82 Å². The van der Waals surface area contributed by atoms with Crippen LogP contribution >= 0.6 is 12.4 Å². The number of carbonyl (C=O) groups excluding carboxylic acids is 1. The summed E-state index contributed by atoms with van der Waals surface area (Å²) >= 11 is 0. The van der Waals surface area contributed by atoms with Gasteiger partial charge in [0, 0.05) is 16.9 Å². The minimum atomic E-state index is -0.509. The van der Waals surface area contributed by atoms with Gasteiger partial charge in [-0.15, -0.1) is 12.4 Å². The number of nitrogens with one attached hydrogen (secondary N) is 1. The molecule has 26 heavy (non-hydrogen) atoms. The van der Waals surface area contributed by atoms with E-state index in [9.17, 15) is 9.18 Å². The summed E-state index contributed by atoms with van der Waals surface area (Å²) in [6.07, 6.45) is 3.64. The number of rotatable bonds is 3. The van der Waals surface area contributed by atoms with E-state index in [1.54, 1.807) is 16.8 Å². The van der Waals surface area contributed by atoms with Crippen molar-refractivity contribution < 1.29 is 9.18 Å². The highest BCUT2D eigenvalue weighted by molar-refractivity contribution is 5.93. The van der Waals surface area contributed by atoms with Crippen molar-refractivity contribution in [2.75, 3.05) is 5.32 Å². The third kappa shape index (κ3) is 4.07. The summed E-state index contributed by atoms with van der Waals surface area (Å²) in [6, 6.07) is 6.55. The molecule has 3 N–H and O–H groups in total. The average Bonchev–Trinajstić information content (AvgIpc) is 2.85. The second-order valence-electron chi connectivity index (χ2n) is 7.30. The molecule has 2 unspecified atom stereocenters. The molecule has 7 heteroatoms. The molecule has 0 radical (unpaired) electrons. The van der Waals surface area contributed by atoms with Gasteiger partial charge in [-0.05, 0) is 57.9 Å². The van der Waals surface area contributed by atoms with Gasteiger partial charge < -0.3 is 11.1 Å². The fourth-order valence-corrected chi connectivity index (χ4v) is 3.65. The first kappa shape index (κ1) is 20.4. The van der Waals surface area contributed by atoms with E-state index < -0.39 is 11.4 Å². The zero-order chi connectivity index (χ0) is 18.2. The lowest BCUT2D eigenvalue weighted by Gasteiger charge is -2.37. The number of benzene rings is 1. The first-order valence-electron chi connectivity index (χ1n) is 8.71. The lowest BCUT2D eigenvalue weighted by atomic mass is 9.74. The Hall–Kier alpha value is -1.92. The van der Waals surface area contributed by atoms with Crippen LogP contribution in [-0.2, 0) is 4.79 Å². The second kappa shape index (κ2) is 7.76. The molecule has 1 aromatic carbocycles. The van der Waals surface area contributed by atoms with Gasteiger partial charge in [-0.3, -0.25) is 4.79 Å². The van der Waals surface area contributed by atoms with Crippen molar-refractivity contribution in [1.29, 1.82) is 0 Å². The van der Waals surface area contributed by atoms with Gasteiger partial charge in [0.1, 0.15) is 5.69 Å². The molecule has 1 amide bonds. The normalized spacial score (nSPS) is 22.6. The highest BCUT2D eigenvalue weighted by Gasteiger charge is 2.37. The summed E-state index contributed by atoms with van der Waals surface area (Å²) in [6.45, 7) is 5.66. The Morgan fingerprint density at radius 1 is 1.35 bits per heavy atom. The lowest BCUT2D eigenvalue weighted by molar-refractivity contribution is -0.122. The summed E-state index contributed by atoms with van der Waals surface area (Å²) in [7, 11) is 0. The van der Waals surface area contributed by atoms with Crippen LogP contribution in [0.25, 0.3) is 5.69 Å². The van der Waals surface area contributed by atoms with Crippen LogP contribution in [0.4, 0.5) is 10.1 Å². The Bertz CT molecular complexity index is 803. The van der Waals surface area contributed by atoms with E-state index in [4.69, 9.17) is 5.73 Å². The largest absolute Gasteiger partial charge is 0.326 e. The summed E-state index contributed by atoms with van der Waals surface area (Å²) in [4.78, 5) is 12.6. The number of carbonyl (C=O) groups is 1. The maximum absolute atomic E-state index is 14.5. The number of nitrogens with zero attached hydrogens (tertiary/aromatic N) is 2. The molecule has 2 aromatic rings. The second-order valence-corrected chi connectivity index (χ2v) is 7.30. The van der Waals surface area contributed by atoms with E-state index >= 15 is 0 Å². The van der Waals surface area contributed by atoms with Gasteiger partial charge in [-0.2, -0.15) is 5.10 Å². The minimum absolute atomic E-state index is 0. The maximum Gasteiger partial charge on any atom is 0.229 e. The van der Waals surface area contributed by atoms with Crippen LogP contribution in [0.15, 0.2) is 24.3 Å². The van der Waals surface area contributed by atoms with Crippen LogP contribution in [0.3, 0.4) is 0 Å². The number of hydrogen-bond acceptors (Lipinski definition) is 3. The summed E-state index contributed by atoms with van der Waals surface area (Å²) in [5.74, 6) is -0.814. The fourth-order valence-electron chi connectivity index (χ4n) is 3.65. The molecule has 1 aromatic heterocycles. The van der Waals surface area contributed by atoms with Crippen molar-refractivity contribution in [2.45, 2.75) is 52.0 Å². The monoisotopic (exact) mass is 380 g/mol. The Morgan fingerprint density at radius 2 is 2.08 bits per heavy atom. The van der Waals surface area contributed by atoms with E-state index in [1.807, 2.05) is 26.8 Å². The van der Waals surface area contributed by atoms with Crippen molar-refractivity contribution in [2.24, 2.45) is 11.7 Å². The molecule has 1 aliphatic rings. The molecule has 1 saturated carbocycles. The van der Waals surface area contributed by atoms with Gasteiger partial charge in [-0.25, -0.2) is 9.07 Å². The number of nitrogens with two attached hydrogens (primary N) is 1. The van der Waals surface area contributed by atoms with Crippen LogP contribution in [0.2, 0.25) is 0 Å². The number of hydrogen-bond donors (Lipinski definition) is 2. The van der Waals surface area contributed by atoms with Gasteiger partial charge >= 0.3 is 0 Å². The zero-order valence-corrected chi connectivity index (χ0v) is 16.2. The number of anilines is 1. The highest BCUT2D eigenvalue weighted by Crippen LogP contribution is 2.32. The van der Waals surface area contributed by atoms with Crippen molar-refractivity contribution in [3.05, 3.63) is 41.5 Å². The van der Waals surface area contributed by atoms with Crippen LogP contribution in [0, 0.1) is 25.6 Å². The molecule has 1 heterocycles. The van der Waals surface area contributed by atoms with Crippen molar-refractivity contribution in [1.82, 2.24) is 9.78 Å². The Morgan fingerprint density at radius 3 is 2.65 bits per heavy atom. The van der Waals surface area contributed by atoms with Gasteiger partial charge in [-0.1, -0.05) is 12.8 Å². The minimum Gasteiger partial charge on any atom is -0.326 e. The molecular formula is C19H26ClFN4O. The zero-order valence-electron chi connectivity index (χ0n) is 15.4. The molecule has 0 saturated heterocycles. The predicted octanol–water partition coefficient (Wildman–Crippen LogP) is 3.90. The number of aryl methyl sites for hydroxylation is 2. The van der Waals surface area contributed by atoms with Crippen molar-refractivity contribution in [3.8, 4) is 5.69 Å². The van der Waals surface area contributed by atoms with E-state index in [1.165, 1.54) is 6.07 Å². The summed E-state index contributed by atoms with van der Waals surface area (Å²) in [5.41, 5.74) is 8.26. The molecule has 142 valence electrons. The predicted molar refractivity (Wildman–Crippen MR) is 103 cm³/mol. The molecule has 3 rings (SSSR count). The molecule has 5 nitrogen and oxygen atoms in total. The number of amides is 1. The molecule has 0 bridgehead atoms. The first-order valence-corrected chi connectivity index (χ1v) is 8.71. The van der Waals surface area contributed by atoms with Crippen molar-refractivity contribution in [3.63, 3.8) is 0 Å². The van der Waals surface area contributed by atoms with Crippen LogP contribution in [0.5, 0.6) is 0 Å². The van der Waals surface area contributed by atoms with Gasteiger partial charge in [0.25, 0.3) is 0 Å².